The summed E-state index contributed by atoms with van der Waals surface area (Å²) in [6.45, 7) is 6.00. The van der Waals surface area contributed by atoms with Gasteiger partial charge in [0.15, 0.2) is 0 Å². The van der Waals surface area contributed by atoms with Gasteiger partial charge in [0, 0.05) is 31.7 Å². The van der Waals surface area contributed by atoms with Gasteiger partial charge in [-0.1, -0.05) is 30.3 Å². The van der Waals surface area contributed by atoms with E-state index in [1.165, 1.54) is 57.4 Å². The third-order valence-electron chi connectivity index (χ3n) is 5.02. The molecule has 21 heavy (non-hydrogen) atoms. The topological polar surface area (TPSA) is 18.5 Å². The Bertz CT molecular complexity index is 414. The summed E-state index contributed by atoms with van der Waals surface area (Å²) in [6, 6.07) is 12.3. The van der Waals surface area contributed by atoms with Gasteiger partial charge in [0.05, 0.1) is 0 Å². The molecule has 0 spiro atoms. The highest BCUT2D eigenvalue weighted by Gasteiger charge is 2.25. The fourth-order valence-corrected chi connectivity index (χ4v) is 3.79. The molecule has 0 aliphatic carbocycles. The van der Waals surface area contributed by atoms with Crippen LogP contribution in [-0.4, -0.2) is 55.1 Å². The Morgan fingerprint density at radius 1 is 1.19 bits per heavy atom. The fourth-order valence-electron chi connectivity index (χ4n) is 3.79. The summed E-state index contributed by atoms with van der Waals surface area (Å²) < 4.78 is 0. The molecule has 0 aromatic heterocycles. The lowest BCUT2D eigenvalue weighted by molar-refractivity contribution is 0.106. The molecule has 2 saturated heterocycles. The molecule has 1 N–H and O–H groups in total. The maximum atomic E-state index is 3.62. The number of rotatable bonds is 5. The van der Waals surface area contributed by atoms with Gasteiger partial charge in [-0.05, 0) is 51.4 Å². The summed E-state index contributed by atoms with van der Waals surface area (Å²) in [4.78, 5) is 5.22. The van der Waals surface area contributed by atoms with E-state index < -0.39 is 0 Å². The van der Waals surface area contributed by atoms with E-state index in [1.54, 1.807) is 0 Å². The van der Waals surface area contributed by atoms with E-state index in [4.69, 9.17) is 0 Å². The average Bonchev–Trinajstić information content (AvgIpc) is 3.01. The maximum absolute atomic E-state index is 3.62. The van der Waals surface area contributed by atoms with Crippen molar-refractivity contribution >= 4 is 0 Å². The van der Waals surface area contributed by atoms with Crippen molar-refractivity contribution in [3.8, 4) is 0 Å². The highest BCUT2D eigenvalue weighted by Crippen LogP contribution is 2.18. The van der Waals surface area contributed by atoms with Crippen LogP contribution in [0.5, 0.6) is 0 Å². The monoisotopic (exact) mass is 287 g/mol. The zero-order valence-corrected chi connectivity index (χ0v) is 13.3. The van der Waals surface area contributed by atoms with Crippen LogP contribution >= 0.6 is 0 Å². The third kappa shape index (κ3) is 4.29. The van der Waals surface area contributed by atoms with Crippen LogP contribution in [0.4, 0.5) is 0 Å². The predicted octanol–water partition coefficient (Wildman–Crippen LogP) is 2.33. The number of piperidine rings is 1. The standard InChI is InChI=1S/C18H29N3/c1-20(14-17-9-5-11-19-17)18-10-6-12-21(15-18)13-16-7-3-2-4-8-16/h2-4,7-8,17-19H,5-6,9-15H2,1H3. The molecule has 2 unspecified atom stereocenters. The van der Waals surface area contributed by atoms with Crippen LogP contribution in [0.3, 0.4) is 0 Å². The minimum atomic E-state index is 0.722. The molecule has 2 aliphatic rings. The molecule has 1 aromatic carbocycles. The molecular weight excluding hydrogens is 258 g/mol. The Morgan fingerprint density at radius 3 is 2.81 bits per heavy atom. The van der Waals surface area contributed by atoms with Crippen molar-refractivity contribution in [3.63, 3.8) is 0 Å². The lowest BCUT2D eigenvalue weighted by Crippen LogP contribution is -2.49. The summed E-state index contributed by atoms with van der Waals surface area (Å²) in [5.41, 5.74) is 1.44. The van der Waals surface area contributed by atoms with Gasteiger partial charge in [-0.2, -0.15) is 0 Å². The van der Waals surface area contributed by atoms with Gasteiger partial charge >= 0.3 is 0 Å². The largest absolute Gasteiger partial charge is 0.313 e. The Hall–Kier alpha value is -0.900. The van der Waals surface area contributed by atoms with Crippen LogP contribution in [-0.2, 0) is 6.54 Å². The molecule has 1 aromatic rings. The molecule has 3 rings (SSSR count). The summed E-state index contributed by atoms with van der Waals surface area (Å²) in [5, 5.41) is 3.62. The zero-order chi connectivity index (χ0) is 14.5. The van der Waals surface area contributed by atoms with Gasteiger partial charge in [-0.25, -0.2) is 0 Å². The van der Waals surface area contributed by atoms with Gasteiger partial charge in [0.2, 0.25) is 0 Å². The number of hydrogen-bond donors (Lipinski definition) is 1. The van der Waals surface area contributed by atoms with Crippen LogP contribution in [0.15, 0.2) is 30.3 Å². The molecule has 3 heteroatoms. The molecule has 2 atom stereocenters. The molecule has 116 valence electrons. The van der Waals surface area contributed by atoms with E-state index in [0.717, 1.165) is 18.6 Å². The van der Waals surface area contributed by atoms with Gasteiger partial charge in [0.1, 0.15) is 0 Å². The minimum Gasteiger partial charge on any atom is -0.313 e. The molecular formula is C18H29N3. The van der Waals surface area contributed by atoms with Crippen molar-refractivity contribution < 1.29 is 0 Å². The quantitative estimate of drug-likeness (QED) is 0.897. The molecule has 2 fully saturated rings. The van der Waals surface area contributed by atoms with E-state index >= 15 is 0 Å². The first kappa shape index (κ1) is 15.0. The summed E-state index contributed by atoms with van der Waals surface area (Å²) in [6.07, 6.45) is 5.39. The summed E-state index contributed by atoms with van der Waals surface area (Å²) >= 11 is 0. The van der Waals surface area contributed by atoms with Gasteiger partial charge in [0.25, 0.3) is 0 Å². The van der Waals surface area contributed by atoms with Crippen LogP contribution in [0.2, 0.25) is 0 Å². The number of nitrogens with one attached hydrogen (secondary N) is 1. The molecule has 0 bridgehead atoms. The van der Waals surface area contributed by atoms with Crippen LogP contribution < -0.4 is 5.32 Å². The van der Waals surface area contributed by atoms with Gasteiger partial charge in [-0.15, -0.1) is 0 Å². The summed E-state index contributed by atoms with van der Waals surface area (Å²) in [5.74, 6) is 0. The van der Waals surface area contributed by atoms with Crippen LogP contribution in [0.1, 0.15) is 31.2 Å². The van der Waals surface area contributed by atoms with Crippen molar-refractivity contribution in [1.82, 2.24) is 15.1 Å². The second-order valence-corrected chi connectivity index (χ2v) is 6.75. The van der Waals surface area contributed by atoms with Gasteiger partial charge < -0.3 is 10.2 Å². The number of nitrogens with zero attached hydrogens (tertiary/aromatic N) is 2. The predicted molar refractivity (Wildman–Crippen MR) is 88.4 cm³/mol. The third-order valence-corrected chi connectivity index (χ3v) is 5.02. The highest BCUT2D eigenvalue weighted by atomic mass is 15.2. The van der Waals surface area contributed by atoms with Crippen molar-refractivity contribution in [3.05, 3.63) is 35.9 Å². The lowest BCUT2D eigenvalue weighted by Gasteiger charge is -2.38. The van der Waals surface area contributed by atoms with E-state index in [1.807, 2.05) is 0 Å². The maximum Gasteiger partial charge on any atom is 0.0234 e. The number of benzene rings is 1. The molecule has 2 heterocycles. The lowest BCUT2D eigenvalue weighted by atomic mass is 10.0. The second-order valence-electron chi connectivity index (χ2n) is 6.75. The Balaban J connectivity index is 1.50. The minimum absolute atomic E-state index is 0.722. The average molecular weight is 287 g/mol. The fraction of sp³-hybridized carbons (Fsp3) is 0.667. The molecule has 3 nitrogen and oxygen atoms in total. The first-order chi connectivity index (χ1) is 10.3. The van der Waals surface area contributed by atoms with E-state index in [2.05, 4.69) is 52.5 Å². The van der Waals surface area contributed by atoms with E-state index in [0.29, 0.717) is 0 Å². The van der Waals surface area contributed by atoms with Crippen molar-refractivity contribution in [2.75, 3.05) is 33.2 Å². The zero-order valence-electron chi connectivity index (χ0n) is 13.3. The molecule has 2 aliphatic heterocycles. The van der Waals surface area contributed by atoms with Gasteiger partial charge in [-0.3, -0.25) is 4.90 Å². The number of hydrogen-bond acceptors (Lipinski definition) is 3. The molecule has 0 radical (unpaired) electrons. The normalized spacial score (nSPS) is 27.3. The SMILES string of the molecule is CN(CC1CCCN1)C1CCCN(Cc2ccccc2)C1. The molecule has 0 saturated carbocycles. The first-order valence-corrected chi connectivity index (χ1v) is 8.51. The number of likely N-dealkylation sites (N-methyl/N-ethyl adjacent to an activating group) is 1. The van der Waals surface area contributed by atoms with E-state index in [-0.39, 0.29) is 0 Å². The van der Waals surface area contributed by atoms with Crippen molar-refractivity contribution in [2.45, 2.75) is 44.3 Å². The summed E-state index contributed by atoms with van der Waals surface area (Å²) in [7, 11) is 2.32. The van der Waals surface area contributed by atoms with Crippen LogP contribution in [0.25, 0.3) is 0 Å². The Labute approximate surface area is 129 Å². The smallest absolute Gasteiger partial charge is 0.0234 e. The van der Waals surface area contributed by atoms with E-state index in [9.17, 15) is 0 Å². The Morgan fingerprint density at radius 2 is 2.05 bits per heavy atom. The van der Waals surface area contributed by atoms with Crippen molar-refractivity contribution in [2.24, 2.45) is 0 Å². The second kappa shape index (κ2) is 7.39. The van der Waals surface area contributed by atoms with Crippen molar-refractivity contribution in [1.29, 1.82) is 0 Å². The first-order valence-electron chi connectivity index (χ1n) is 8.51. The number of likely N-dealkylation sites (tertiary alicyclic amines) is 1. The molecule has 0 amide bonds. The Kier molecular flexibility index (Phi) is 5.28. The van der Waals surface area contributed by atoms with Crippen LogP contribution in [0, 0.1) is 0 Å². The highest BCUT2D eigenvalue weighted by molar-refractivity contribution is 5.14.